The van der Waals surface area contributed by atoms with Crippen LogP contribution in [-0.4, -0.2) is 23.0 Å². The number of carbonyl (C=O) groups excluding carboxylic acids is 1. The lowest BCUT2D eigenvalue weighted by atomic mass is 10.0. The number of nitrogens with two attached hydrogens (primary N) is 1. The van der Waals surface area contributed by atoms with Gasteiger partial charge in [-0.3, -0.25) is 9.93 Å². The van der Waals surface area contributed by atoms with Crippen LogP contribution >= 0.6 is 0 Å². The van der Waals surface area contributed by atoms with Crippen LogP contribution in [0.1, 0.15) is 11.5 Å². The maximum absolute atomic E-state index is 13.4. The number of methoxy groups -OCH3 is 1. The second kappa shape index (κ2) is 5.72. The van der Waals surface area contributed by atoms with Gasteiger partial charge in [-0.25, -0.2) is 8.60 Å². The first-order valence-corrected chi connectivity index (χ1v) is 5.89. The maximum Gasteiger partial charge on any atom is 0.314 e. The Balaban J connectivity index is 3.06. The predicted octanol–water partition coefficient (Wildman–Crippen LogP) is 0.705. The molecule has 0 radical (unpaired) electrons. The summed E-state index contributed by atoms with van der Waals surface area (Å²) in [5.74, 6) is -2.28. The Morgan fingerprint density at radius 2 is 2.19 bits per heavy atom. The van der Waals surface area contributed by atoms with Gasteiger partial charge in [-0.1, -0.05) is 18.2 Å². The first-order valence-electron chi connectivity index (χ1n) is 4.51. The number of ether oxygens (including phenoxy) is 1. The zero-order chi connectivity index (χ0) is 12.1. The highest BCUT2D eigenvalue weighted by molar-refractivity contribution is 7.82. The lowest BCUT2D eigenvalue weighted by Crippen LogP contribution is -2.24. The number of hydrogen-bond acceptors (Lipinski definition) is 3. The van der Waals surface area contributed by atoms with Crippen LogP contribution in [-0.2, 0) is 20.5 Å². The Hall–Kier alpha value is -1.27. The number of esters is 1. The molecule has 0 fully saturated rings. The van der Waals surface area contributed by atoms with E-state index in [9.17, 15) is 13.4 Å². The molecule has 6 heteroatoms. The van der Waals surface area contributed by atoms with Gasteiger partial charge in [-0.05, 0) is 6.07 Å². The van der Waals surface area contributed by atoms with E-state index in [0.717, 1.165) is 0 Å². The van der Waals surface area contributed by atoms with E-state index in [1.54, 1.807) is 6.07 Å². The van der Waals surface area contributed by atoms with E-state index in [2.05, 4.69) is 4.74 Å². The minimum atomic E-state index is -1.69. The number of carbonyl (C=O) groups is 1. The molecule has 2 atom stereocenters. The molecule has 0 aliphatic rings. The van der Waals surface area contributed by atoms with Crippen molar-refractivity contribution in [1.29, 1.82) is 0 Å². The molecule has 0 amide bonds. The molecule has 0 aliphatic carbocycles. The minimum Gasteiger partial charge on any atom is -0.469 e. The second-order valence-electron chi connectivity index (χ2n) is 3.14. The van der Waals surface area contributed by atoms with Crippen LogP contribution in [0.25, 0.3) is 0 Å². The molecule has 16 heavy (non-hydrogen) atoms. The molecule has 88 valence electrons. The molecule has 0 spiro atoms. The SMILES string of the molecule is COC(=O)C(CS(N)=O)c1ccccc1F. The smallest absolute Gasteiger partial charge is 0.314 e. The van der Waals surface area contributed by atoms with Gasteiger partial charge in [0.2, 0.25) is 0 Å². The molecule has 2 unspecified atom stereocenters. The van der Waals surface area contributed by atoms with Gasteiger partial charge in [0.25, 0.3) is 0 Å². The fourth-order valence-electron chi connectivity index (χ4n) is 1.35. The van der Waals surface area contributed by atoms with Crippen LogP contribution in [0.3, 0.4) is 0 Å². The van der Waals surface area contributed by atoms with Crippen molar-refractivity contribution in [2.45, 2.75) is 5.92 Å². The van der Waals surface area contributed by atoms with Crippen LogP contribution < -0.4 is 5.14 Å². The third kappa shape index (κ3) is 3.11. The van der Waals surface area contributed by atoms with Crippen molar-refractivity contribution in [1.82, 2.24) is 0 Å². The van der Waals surface area contributed by atoms with Crippen molar-refractivity contribution in [3.05, 3.63) is 35.6 Å². The molecule has 0 heterocycles. The number of hydrogen-bond donors (Lipinski definition) is 1. The lowest BCUT2D eigenvalue weighted by Gasteiger charge is -2.13. The summed E-state index contributed by atoms with van der Waals surface area (Å²) < 4.78 is 28.9. The van der Waals surface area contributed by atoms with Gasteiger partial charge in [-0.2, -0.15) is 0 Å². The third-order valence-electron chi connectivity index (χ3n) is 2.10. The van der Waals surface area contributed by atoms with Gasteiger partial charge in [0.1, 0.15) is 5.82 Å². The molecule has 0 saturated carbocycles. The highest BCUT2D eigenvalue weighted by Gasteiger charge is 2.25. The molecular weight excluding hydrogens is 233 g/mol. The van der Waals surface area contributed by atoms with E-state index >= 15 is 0 Å². The highest BCUT2D eigenvalue weighted by Crippen LogP contribution is 2.21. The number of halogens is 1. The summed E-state index contributed by atoms with van der Waals surface area (Å²) in [4.78, 5) is 11.4. The zero-order valence-corrected chi connectivity index (χ0v) is 9.50. The van der Waals surface area contributed by atoms with Gasteiger partial charge in [0.15, 0.2) is 0 Å². The molecule has 0 aromatic heterocycles. The van der Waals surface area contributed by atoms with Crippen LogP contribution in [0.5, 0.6) is 0 Å². The topological polar surface area (TPSA) is 69.4 Å². The summed E-state index contributed by atoms with van der Waals surface area (Å²) in [6.45, 7) is 0. The monoisotopic (exact) mass is 245 g/mol. The van der Waals surface area contributed by atoms with E-state index in [1.165, 1.54) is 25.3 Å². The normalized spacial score (nSPS) is 14.2. The van der Waals surface area contributed by atoms with Gasteiger partial charge < -0.3 is 4.74 Å². The summed E-state index contributed by atoms with van der Waals surface area (Å²) in [5.41, 5.74) is 0.146. The molecule has 4 nitrogen and oxygen atoms in total. The van der Waals surface area contributed by atoms with Crippen molar-refractivity contribution < 1.29 is 18.1 Å². The van der Waals surface area contributed by atoms with E-state index in [1.807, 2.05) is 0 Å². The molecule has 0 aliphatic heterocycles. The Kier molecular flexibility index (Phi) is 4.57. The van der Waals surface area contributed by atoms with E-state index < -0.39 is 28.7 Å². The largest absolute Gasteiger partial charge is 0.469 e. The van der Waals surface area contributed by atoms with Crippen molar-refractivity contribution in [3.63, 3.8) is 0 Å². The summed E-state index contributed by atoms with van der Waals surface area (Å²) in [5, 5.41) is 5.12. The predicted molar refractivity (Wildman–Crippen MR) is 58.4 cm³/mol. The Morgan fingerprint density at radius 3 is 2.69 bits per heavy atom. The van der Waals surface area contributed by atoms with Crippen molar-refractivity contribution >= 4 is 17.0 Å². The fourth-order valence-corrected chi connectivity index (χ4v) is 1.99. The van der Waals surface area contributed by atoms with E-state index in [4.69, 9.17) is 5.14 Å². The summed E-state index contributed by atoms with van der Waals surface area (Å²) in [7, 11) is -0.504. The molecule has 1 aromatic rings. The maximum atomic E-state index is 13.4. The van der Waals surface area contributed by atoms with Gasteiger partial charge in [0, 0.05) is 5.56 Å². The zero-order valence-electron chi connectivity index (χ0n) is 8.68. The Labute approximate surface area is 95.2 Å². The Bertz CT molecular complexity index is 411. The second-order valence-corrected chi connectivity index (χ2v) is 4.24. The van der Waals surface area contributed by atoms with Gasteiger partial charge in [0.05, 0.1) is 29.8 Å². The first kappa shape index (κ1) is 12.8. The Morgan fingerprint density at radius 1 is 1.56 bits per heavy atom. The molecular formula is C10H12FNO3S. The average molecular weight is 245 g/mol. The summed E-state index contributed by atoms with van der Waals surface area (Å²) in [6, 6.07) is 5.77. The third-order valence-corrected chi connectivity index (χ3v) is 2.76. The van der Waals surface area contributed by atoms with Crippen LogP contribution in [0, 0.1) is 5.82 Å². The highest BCUT2D eigenvalue weighted by atomic mass is 32.2. The van der Waals surface area contributed by atoms with Crippen LogP contribution in [0.4, 0.5) is 4.39 Å². The van der Waals surface area contributed by atoms with Gasteiger partial charge >= 0.3 is 5.97 Å². The van der Waals surface area contributed by atoms with Gasteiger partial charge in [-0.15, -0.1) is 0 Å². The minimum absolute atomic E-state index is 0.146. The number of benzene rings is 1. The molecule has 0 saturated heterocycles. The van der Waals surface area contributed by atoms with E-state index in [-0.39, 0.29) is 11.3 Å². The van der Waals surface area contributed by atoms with Crippen molar-refractivity contribution in [2.75, 3.05) is 12.9 Å². The van der Waals surface area contributed by atoms with Crippen molar-refractivity contribution in [2.24, 2.45) is 5.14 Å². The molecule has 1 aromatic carbocycles. The van der Waals surface area contributed by atoms with Crippen LogP contribution in [0.15, 0.2) is 24.3 Å². The molecule has 2 N–H and O–H groups in total. The summed E-state index contributed by atoms with van der Waals surface area (Å²) in [6.07, 6.45) is 0. The quantitative estimate of drug-likeness (QED) is 0.794. The lowest BCUT2D eigenvalue weighted by molar-refractivity contribution is -0.141. The van der Waals surface area contributed by atoms with Crippen LogP contribution in [0.2, 0.25) is 0 Å². The summed E-state index contributed by atoms with van der Waals surface area (Å²) >= 11 is 0. The average Bonchev–Trinajstić information content (AvgIpc) is 2.26. The molecule has 0 bridgehead atoms. The van der Waals surface area contributed by atoms with Crippen molar-refractivity contribution in [3.8, 4) is 0 Å². The molecule has 1 rings (SSSR count). The van der Waals surface area contributed by atoms with E-state index in [0.29, 0.717) is 0 Å². The first-order chi connectivity index (χ1) is 7.56. The fraction of sp³-hybridized carbons (Fsp3) is 0.300. The number of rotatable bonds is 4. The standard InChI is InChI=1S/C10H12FNO3S/c1-15-10(13)8(6-16(12)14)7-4-2-3-5-9(7)11/h2-5,8H,6,12H2,1H3.